The molecule has 0 saturated carbocycles. The van der Waals surface area contributed by atoms with E-state index in [0.717, 1.165) is 5.39 Å². The van der Waals surface area contributed by atoms with E-state index in [1.165, 1.54) is 6.20 Å². The number of hydrogen-bond acceptors (Lipinski definition) is 3. The maximum atomic E-state index is 10.8. The molecule has 14 heavy (non-hydrogen) atoms. The van der Waals surface area contributed by atoms with E-state index in [1.54, 1.807) is 18.2 Å². The van der Waals surface area contributed by atoms with Crippen molar-refractivity contribution < 1.29 is 14.4 Å². The highest BCUT2D eigenvalue weighted by Gasteiger charge is 2.20. The Morgan fingerprint density at radius 3 is 2.64 bits per heavy atom. The van der Waals surface area contributed by atoms with Crippen molar-refractivity contribution in [3.05, 3.63) is 30.5 Å². The van der Waals surface area contributed by atoms with Crippen molar-refractivity contribution in [3.63, 3.8) is 0 Å². The minimum absolute atomic E-state index is 0.434. The van der Waals surface area contributed by atoms with Crippen molar-refractivity contribution in [2.45, 2.75) is 0 Å². The third-order valence-electron chi connectivity index (χ3n) is 1.74. The molecule has 6 heteroatoms. The Kier molecular flexibility index (Phi) is 2.07. The number of rotatable bonds is 1. The van der Waals surface area contributed by atoms with Gasteiger partial charge in [-0.1, -0.05) is 18.2 Å². The third-order valence-corrected chi connectivity index (χ3v) is 2.47. The first-order valence-electron chi connectivity index (χ1n) is 3.85. The average Bonchev–Trinajstić information content (AvgIpc) is 2.16. The van der Waals surface area contributed by atoms with E-state index < -0.39 is 13.2 Å². The van der Waals surface area contributed by atoms with Crippen LogP contribution in [-0.2, 0) is 4.57 Å². The highest BCUT2D eigenvalue weighted by atomic mass is 31.2. The van der Waals surface area contributed by atoms with Crippen LogP contribution in [0, 0.1) is 0 Å². The van der Waals surface area contributed by atoms with Crippen LogP contribution in [0.15, 0.2) is 30.5 Å². The average molecular weight is 210 g/mol. The zero-order valence-corrected chi connectivity index (χ0v) is 7.93. The van der Waals surface area contributed by atoms with Crippen molar-refractivity contribution in [3.8, 4) is 0 Å². The Balaban J connectivity index is 2.69. The van der Waals surface area contributed by atoms with Gasteiger partial charge in [-0.25, -0.2) is 9.97 Å². The molecule has 2 aromatic rings. The van der Waals surface area contributed by atoms with E-state index in [1.807, 2.05) is 6.07 Å². The number of nitrogens with zero attached hydrogens (tertiary/aromatic N) is 2. The van der Waals surface area contributed by atoms with Gasteiger partial charge in [0.1, 0.15) is 0 Å². The highest BCUT2D eigenvalue weighted by Crippen LogP contribution is 2.31. The van der Waals surface area contributed by atoms with Crippen LogP contribution in [0.1, 0.15) is 0 Å². The molecule has 0 bridgehead atoms. The molecule has 1 aromatic carbocycles. The van der Waals surface area contributed by atoms with Gasteiger partial charge >= 0.3 is 7.60 Å². The molecular formula is C8H7N2O3P. The number of aromatic nitrogens is 2. The second kappa shape index (κ2) is 3.13. The Morgan fingerprint density at radius 1 is 1.21 bits per heavy atom. The summed E-state index contributed by atoms with van der Waals surface area (Å²) in [7, 11) is -4.34. The van der Waals surface area contributed by atoms with E-state index in [4.69, 9.17) is 9.79 Å². The molecule has 0 saturated heterocycles. The standard InChI is InChI=1S/C8H7N2O3P/c11-14(12,13)8-9-5-6-3-1-2-4-7(6)10-8/h1-5H,(H2,11,12,13). The summed E-state index contributed by atoms with van der Waals surface area (Å²) in [5.74, 6) is 0. The molecule has 0 amide bonds. The summed E-state index contributed by atoms with van der Waals surface area (Å²) < 4.78 is 10.8. The van der Waals surface area contributed by atoms with Gasteiger partial charge in [0.05, 0.1) is 5.52 Å². The summed E-state index contributed by atoms with van der Waals surface area (Å²) in [6, 6.07) is 7.01. The van der Waals surface area contributed by atoms with Crippen LogP contribution in [0.4, 0.5) is 0 Å². The van der Waals surface area contributed by atoms with Gasteiger partial charge in [0.25, 0.3) is 0 Å². The van der Waals surface area contributed by atoms with Gasteiger partial charge in [-0.05, 0) is 6.07 Å². The Morgan fingerprint density at radius 2 is 1.93 bits per heavy atom. The van der Waals surface area contributed by atoms with Crippen LogP contribution in [-0.4, -0.2) is 19.8 Å². The van der Waals surface area contributed by atoms with E-state index >= 15 is 0 Å². The quantitative estimate of drug-likeness (QED) is 0.667. The van der Waals surface area contributed by atoms with Crippen molar-refractivity contribution in [2.24, 2.45) is 0 Å². The molecular weight excluding hydrogens is 203 g/mol. The second-order valence-corrected chi connectivity index (χ2v) is 4.26. The summed E-state index contributed by atoms with van der Waals surface area (Å²) in [5.41, 5.74) is 0.0945. The van der Waals surface area contributed by atoms with Crippen molar-refractivity contribution >= 4 is 24.1 Å². The number of benzene rings is 1. The molecule has 0 unspecified atom stereocenters. The molecule has 0 radical (unpaired) electrons. The summed E-state index contributed by atoms with van der Waals surface area (Å²) in [4.78, 5) is 25.0. The Labute approximate surface area is 79.6 Å². The lowest BCUT2D eigenvalue weighted by atomic mass is 10.2. The minimum atomic E-state index is -4.34. The fourth-order valence-electron chi connectivity index (χ4n) is 1.10. The van der Waals surface area contributed by atoms with Crippen LogP contribution in [0.5, 0.6) is 0 Å². The monoisotopic (exact) mass is 210 g/mol. The molecule has 1 heterocycles. The second-order valence-electron chi connectivity index (χ2n) is 2.77. The normalized spacial score (nSPS) is 11.9. The van der Waals surface area contributed by atoms with Crippen molar-refractivity contribution in [1.82, 2.24) is 9.97 Å². The predicted molar refractivity (Wildman–Crippen MR) is 51.2 cm³/mol. The zero-order chi connectivity index (χ0) is 10.2. The summed E-state index contributed by atoms with van der Waals surface area (Å²) in [6.45, 7) is 0. The lowest BCUT2D eigenvalue weighted by Crippen LogP contribution is -2.13. The predicted octanol–water partition coefficient (Wildman–Crippen LogP) is 0.433. The SMILES string of the molecule is O=P(O)(O)c1ncc2ccccc2n1. The third kappa shape index (κ3) is 1.65. The van der Waals surface area contributed by atoms with E-state index in [0.29, 0.717) is 5.52 Å². The first-order chi connectivity index (χ1) is 6.57. The fraction of sp³-hybridized carbons (Fsp3) is 0. The Hall–Kier alpha value is -1.29. The summed E-state index contributed by atoms with van der Waals surface area (Å²) in [6.07, 6.45) is 1.40. The van der Waals surface area contributed by atoms with Gasteiger partial charge in [-0.3, -0.25) is 4.57 Å². The molecule has 2 rings (SSSR count). The van der Waals surface area contributed by atoms with Crippen LogP contribution in [0.2, 0.25) is 0 Å². The van der Waals surface area contributed by atoms with Crippen LogP contribution in [0.25, 0.3) is 10.9 Å². The maximum absolute atomic E-state index is 10.8. The molecule has 72 valence electrons. The molecule has 1 aromatic heterocycles. The van der Waals surface area contributed by atoms with E-state index in [9.17, 15) is 4.57 Å². The van der Waals surface area contributed by atoms with Crippen LogP contribution in [0.3, 0.4) is 0 Å². The fourth-order valence-corrected chi connectivity index (χ4v) is 1.55. The van der Waals surface area contributed by atoms with Gasteiger partial charge in [-0.15, -0.1) is 0 Å². The molecule has 0 aliphatic heterocycles. The van der Waals surface area contributed by atoms with Gasteiger partial charge in [0.15, 0.2) is 0 Å². The maximum Gasteiger partial charge on any atom is 0.393 e. The Bertz CT molecular complexity index is 523. The smallest absolute Gasteiger partial charge is 0.319 e. The molecule has 0 aliphatic carbocycles. The summed E-state index contributed by atoms with van der Waals surface area (Å²) in [5, 5.41) is 0.754. The molecule has 0 aliphatic rings. The number of para-hydroxylation sites is 1. The van der Waals surface area contributed by atoms with Gasteiger partial charge in [0, 0.05) is 11.6 Å². The number of fused-ring (bicyclic) bond motifs is 1. The van der Waals surface area contributed by atoms with E-state index in [-0.39, 0.29) is 0 Å². The highest BCUT2D eigenvalue weighted by molar-refractivity contribution is 7.59. The van der Waals surface area contributed by atoms with Gasteiger partial charge in [-0.2, -0.15) is 0 Å². The van der Waals surface area contributed by atoms with E-state index in [2.05, 4.69) is 9.97 Å². The molecule has 0 fully saturated rings. The topological polar surface area (TPSA) is 83.3 Å². The van der Waals surface area contributed by atoms with Crippen LogP contribution < -0.4 is 5.57 Å². The molecule has 0 spiro atoms. The van der Waals surface area contributed by atoms with Gasteiger partial charge in [0.2, 0.25) is 5.57 Å². The summed E-state index contributed by atoms with van der Waals surface area (Å²) >= 11 is 0. The lowest BCUT2D eigenvalue weighted by molar-refractivity contribution is 0.385. The zero-order valence-electron chi connectivity index (χ0n) is 7.03. The molecule has 2 N–H and O–H groups in total. The first-order valence-corrected chi connectivity index (χ1v) is 5.46. The lowest BCUT2D eigenvalue weighted by Gasteiger charge is -2.02. The first kappa shape index (κ1) is 9.27. The van der Waals surface area contributed by atoms with Crippen molar-refractivity contribution in [1.29, 1.82) is 0 Å². The van der Waals surface area contributed by atoms with Gasteiger partial charge < -0.3 is 9.79 Å². The largest absolute Gasteiger partial charge is 0.393 e. The molecule has 5 nitrogen and oxygen atoms in total. The minimum Gasteiger partial charge on any atom is -0.319 e. The number of hydrogen-bond donors (Lipinski definition) is 2. The van der Waals surface area contributed by atoms with Crippen molar-refractivity contribution in [2.75, 3.05) is 0 Å². The van der Waals surface area contributed by atoms with Crippen LogP contribution >= 0.6 is 7.60 Å². The molecule has 0 atom stereocenters.